The molecular weight excluding hydrogens is 264 g/mol. The summed E-state index contributed by atoms with van der Waals surface area (Å²) < 4.78 is 5.02. The van der Waals surface area contributed by atoms with Crippen molar-refractivity contribution in [3.05, 3.63) is 0 Å². The Labute approximate surface area is 130 Å². The predicted octanol–water partition coefficient (Wildman–Crippen LogP) is 2.95. The summed E-state index contributed by atoms with van der Waals surface area (Å²) in [5, 5.41) is 0. The van der Waals surface area contributed by atoms with Crippen LogP contribution in [0.25, 0.3) is 0 Å². The Morgan fingerprint density at radius 2 is 2.10 bits per heavy atom. The van der Waals surface area contributed by atoms with E-state index in [1.807, 2.05) is 6.92 Å². The molecule has 0 aromatic heterocycles. The molecule has 0 saturated heterocycles. The first-order valence-electron chi connectivity index (χ1n) is 8.53. The van der Waals surface area contributed by atoms with Crippen molar-refractivity contribution in [2.45, 2.75) is 77.3 Å². The minimum atomic E-state index is -0.839. The molecule has 1 rings (SSSR count). The summed E-state index contributed by atoms with van der Waals surface area (Å²) in [7, 11) is 2.23. The molecule has 4 heteroatoms. The van der Waals surface area contributed by atoms with Crippen LogP contribution in [0.2, 0.25) is 0 Å². The summed E-state index contributed by atoms with van der Waals surface area (Å²) in [5.74, 6) is 0.585. The van der Waals surface area contributed by atoms with Crippen LogP contribution in [0.4, 0.5) is 0 Å². The number of esters is 1. The zero-order valence-electron chi connectivity index (χ0n) is 14.4. The Morgan fingerprint density at radius 1 is 1.38 bits per heavy atom. The highest BCUT2D eigenvalue weighted by Crippen LogP contribution is 2.26. The number of ether oxygens (including phenoxy) is 1. The first kappa shape index (κ1) is 18.4. The molecular formula is C17H34N2O2. The summed E-state index contributed by atoms with van der Waals surface area (Å²) in [6.45, 7) is 7.44. The number of hydrogen-bond acceptors (Lipinski definition) is 4. The third kappa shape index (κ3) is 6.35. The van der Waals surface area contributed by atoms with Crippen LogP contribution in [-0.2, 0) is 9.53 Å². The molecule has 1 aliphatic carbocycles. The van der Waals surface area contributed by atoms with E-state index in [2.05, 4.69) is 18.9 Å². The van der Waals surface area contributed by atoms with Crippen molar-refractivity contribution in [1.29, 1.82) is 0 Å². The lowest BCUT2D eigenvalue weighted by Crippen LogP contribution is -2.46. The fourth-order valence-corrected chi connectivity index (χ4v) is 3.24. The van der Waals surface area contributed by atoms with Crippen LogP contribution in [0.15, 0.2) is 0 Å². The minimum absolute atomic E-state index is 0.278. The van der Waals surface area contributed by atoms with Crippen LogP contribution in [-0.4, -0.2) is 42.6 Å². The van der Waals surface area contributed by atoms with Crippen molar-refractivity contribution in [2.24, 2.45) is 11.7 Å². The van der Waals surface area contributed by atoms with E-state index in [1.165, 1.54) is 25.7 Å². The van der Waals surface area contributed by atoms with Gasteiger partial charge in [0.15, 0.2) is 0 Å². The van der Waals surface area contributed by atoms with E-state index in [4.69, 9.17) is 10.5 Å². The van der Waals surface area contributed by atoms with Crippen molar-refractivity contribution in [3.63, 3.8) is 0 Å². The predicted molar refractivity (Wildman–Crippen MR) is 87.1 cm³/mol. The highest BCUT2D eigenvalue weighted by atomic mass is 16.5. The van der Waals surface area contributed by atoms with Gasteiger partial charge in [0.2, 0.25) is 0 Å². The van der Waals surface area contributed by atoms with Crippen LogP contribution in [0.3, 0.4) is 0 Å². The van der Waals surface area contributed by atoms with E-state index in [0.717, 1.165) is 31.3 Å². The summed E-state index contributed by atoms with van der Waals surface area (Å²) in [4.78, 5) is 14.2. The zero-order chi connectivity index (χ0) is 15.9. The number of nitrogens with two attached hydrogens (primary N) is 1. The standard InChI is InChI=1S/C17H34N2O2/c1-5-21-16(20)17(3,18)11-6-7-12-19(4)15-10-8-9-14(2)13-15/h14-15H,5-13,18H2,1-4H3. The largest absolute Gasteiger partial charge is 0.465 e. The fourth-order valence-electron chi connectivity index (χ4n) is 3.24. The molecule has 0 amide bonds. The number of carbonyl (C=O) groups is 1. The molecule has 1 aliphatic rings. The Balaban J connectivity index is 2.22. The number of rotatable bonds is 8. The molecule has 3 unspecified atom stereocenters. The van der Waals surface area contributed by atoms with Gasteiger partial charge in [-0.15, -0.1) is 0 Å². The molecule has 124 valence electrons. The van der Waals surface area contributed by atoms with E-state index >= 15 is 0 Å². The molecule has 1 saturated carbocycles. The normalized spacial score (nSPS) is 25.6. The van der Waals surface area contributed by atoms with E-state index in [-0.39, 0.29) is 5.97 Å². The quantitative estimate of drug-likeness (QED) is 0.553. The summed E-state index contributed by atoms with van der Waals surface area (Å²) in [5.41, 5.74) is 5.20. The van der Waals surface area contributed by atoms with Gasteiger partial charge >= 0.3 is 5.97 Å². The van der Waals surface area contributed by atoms with Gasteiger partial charge < -0.3 is 15.4 Å². The van der Waals surface area contributed by atoms with Crippen molar-refractivity contribution in [1.82, 2.24) is 4.90 Å². The lowest BCUT2D eigenvalue weighted by molar-refractivity contribution is -0.149. The minimum Gasteiger partial charge on any atom is -0.465 e. The highest BCUT2D eigenvalue weighted by molar-refractivity contribution is 5.79. The lowest BCUT2D eigenvalue weighted by Gasteiger charge is -2.34. The van der Waals surface area contributed by atoms with Gasteiger partial charge in [0.1, 0.15) is 5.54 Å². The summed E-state index contributed by atoms with van der Waals surface area (Å²) in [6, 6.07) is 0.739. The first-order chi connectivity index (χ1) is 9.86. The van der Waals surface area contributed by atoms with Gasteiger partial charge in [0, 0.05) is 6.04 Å². The van der Waals surface area contributed by atoms with Gasteiger partial charge in [-0.2, -0.15) is 0 Å². The molecule has 4 nitrogen and oxygen atoms in total. The van der Waals surface area contributed by atoms with Crippen molar-refractivity contribution >= 4 is 5.97 Å². The van der Waals surface area contributed by atoms with Gasteiger partial charge in [-0.1, -0.05) is 19.8 Å². The molecule has 0 spiro atoms. The zero-order valence-corrected chi connectivity index (χ0v) is 14.4. The van der Waals surface area contributed by atoms with E-state index in [1.54, 1.807) is 6.92 Å². The number of unbranched alkanes of at least 4 members (excludes halogenated alkanes) is 1. The van der Waals surface area contributed by atoms with Crippen LogP contribution < -0.4 is 5.73 Å². The lowest BCUT2D eigenvalue weighted by atomic mass is 9.86. The van der Waals surface area contributed by atoms with Gasteiger partial charge in [0.25, 0.3) is 0 Å². The number of nitrogens with zero attached hydrogens (tertiary/aromatic N) is 1. The van der Waals surface area contributed by atoms with E-state index in [0.29, 0.717) is 13.0 Å². The molecule has 0 aliphatic heterocycles. The molecule has 0 bridgehead atoms. The number of hydrogen-bond donors (Lipinski definition) is 1. The highest BCUT2D eigenvalue weighted by Gasteiger charge is 2.29. The smallest absolute Gasteiger partial charge is 0.325 e. The molecule has 1 fully saturated rings. The van der Waals surface area contributed by atoms with Gasteiger partial charge in [-0.3, -0.25) is 4.79 Å². The molecule has 2 N–H and O–H groups in total. The van der Waals surface area contributed by atoms with Crippen molar-refractivity contribution in [2.75, 3.05) is 20.2 Å². The number of carbonyl (C=O) groups excluding carboxylic acids is 1. The van der Waals surface area contributed by atoms with Gasteiger partial charge in [-0.25, -0.2) is 0 Å². The Hall–Kier alpha value is -0.610. The Morgan fingerprint density at radius 3 is 2.71 bits per heavy atom. The maximum absolute atomic E-state index is 11.7. The maximum Gasteiger partial charge on any atom is 0.325 e. The fraction of sp³-hybridized carbons (Fsp3) is 0.941. The third-order valence-electron chi connectivity index (χ3n) is 4.73. The second kappa shape index (κ2) is 8.74. The van der Waals surface area contributed by atoms with Gasteiger partial charge in [0.05, 0.1) is 6.61 Å². The maximum atomic E-state index is 11.7. The molecule has 21 heavy (non-hydrogen) atoms. The SMILES string of the molecule is CCOC(=O)C(C)(N)CCCCN(C)C1CCCC(C)C1. The van der Waals surface area contributed by atoms with Crippen LogP contribution >= 0.6 is 0 Å². The van der Waals surface area contributed by atoms with Crippen LogP contribution in [0.1, 0.15) is 65.7 Å². The summed E-state index contributed by atoms with van der Waals surface area (Å²) >= 11 is 0. The molecule has 0 aromatic carbocycles. The van der Waals surface area contributed by atoms with Crippen LogP contribution in [0.5, 0.6) is 0 Å². The van der Waals surface area contributed by atoms with E-state index in [9.17, 15) is 4.79 Å². The second-order valence-electron chi connectivity index (χ2n) is 7.00. The topological polar surface area (TPSA) is 55.6 Å². The Kier molecular flexibility index (Phi) is 7.67. The molecule has 3 atom stereocenters. The van der Waals surface area contributed by atoms with Crippen molar-refractivity contribution < 1.29 is 9.53 Å². The van der Waals surface area contributed by atoms with Gasteiger partial charge in [-0.05, 0) is 65.5 Å². The average Bonchev–Trinajstić information content (AvgIpc) is 2.43. The second-order valence-corrected chi connectivity index (χ2v) is 7.00. The van der Waals surface area contributed by atoms with E-state index < -0.39 is 5.54 Å². The van der Waals surface area contributed by atoms with Crippen molar-refractivity contribution in [3.8, 4) is 0 Å². The Bertz CT molecular complexity index is 318. The summed E-state index contributed by atoms with van der Waals surface area (Å²) in [6.07, 6.45) is 8.16. The molecule has 0 heterocycles. The molecule has 0 radical (unpaired) electrons. The average molecular weight is 298 g/mol. The molecule has 0 aromatic rings. The van der Waals surface area contributed by atoms with Crippen LogP contribution in [0, 0.1) is 5.92 Å². The first-order valence-corrected chi connectivity index (χ1v) is 8.53. The monoisotopic (exact) mass is 298 g/mol. The third-order valence-corrected chi connectivity index (χ3v) is 4.73.